The van der Waals surface area contributed by atoms with Crippen LogP contribution in [0.3, 0.4) is 0 Å². The minimum atomic E-state index is -0.144. The van der Waals surface area contributed by atoms with Crippen LogP contribution in [0.25, 0.3) is 5.57 Å². The van der Waals surface area contributed by atoms with Gasteiger partial charge in [-0.15, -0.1) is 12.4 Å². The third kappa shape index (κ3) is 7.19. The van der Waals surface area contributed by atoms with Crippen molar-refractivity contribution in [1.82, 2.24) is 10.2 Å². The van der Waals surface area contributed by atoms with Crippen molar-refractivity contribution in [2.24, 2.45) is 0 Å². The van der Waals surface area contributed by atoms with Crippen LogP contribution in [0.2, 0.25) is 0 Å². The highest BCUT2D eigenvalue weighted by Gasteiger charge is 2.17. The van der Waals surface area contributed by atoms with Gasteiger partial charge in [-0.25, -0.2) is 0 Å². The Hall–Kier alpha value is -2.70. The second kappa shape index (κ2) is 13.6. The van der Waals surface area contributed by atoms with E-state index in [-0.39, 0.29) is 18.3 Å². The fourth-order valence-corrected chi connectivity index (χ4v) is 3.25. The maximum Gasteiger partial charge on any atom is 0.244 e. The zero-order valence-corrected chi connectivity index (χ0v) is 19.8. The number of methoxy groups -OCH3 is 3. The largest absolute Gasteiger partial charge is 0.493 e. The molecule has 170 valence electrons. The van der Waals surface area contributed by atoms with Gasteiger partial charge in [0.2, 0.25) is 11.7 Å². The van der Waals surface area contributed by atoms with Gasteiger partial charge in [0.05, 0.1) is 21.3 Å². The Bertz CT molecular complexity index is 827. The van der Waals surface area contributed by atoms with Gasteiger partial charge in [0.1, 0.15) is 0 Å². The van der Waals surface area contributed by atoms with Gasteiger partial charge in [0, 0.05) is 19.2 Å². The summed E-state index contributed by atoms with van der Waals surface area (Å²) in [4.78, 5) is 15.0. The Kier molecular flexibility index (Phi) is 11.5. The molecule has 0 fully saturated rings. The van der Waals surface area contributed by atoms with Crippen molar-refractivity contribution in [3.05, 3.63) is 59.7 Å². The van der Waals surface area contributed by atoms with E-state index >= 15 is 0 Å². The topological polar surface area (TPSA) is 60.0 Å². The van der Waals surface area contributed by atoms with Crippen LogP contribution < -0.4 is 19.5 Å². The smallest absolute Gasteiger partial charge is 0.244 e. The summed E-state index contributed by atoms with van der Waals surface area (Å²) in [6.07, 6.45) is 1.62. The van der Waals surface area contributed by atoms with Gasteiger partial charge in [0.25, 0.3) is 0 Å². The molecule has 6 nitrogen and oxygen atoms in total. The fraction of sp³-hybridized carbons (Fsp3) is 0.375. The van der Waals surface area contributed by atoms with Crippen LogP contribution in [0.5, 0.6) is 17.2 Å². The molecule has 0 aromatic heterocycles. The number of carbonyl (C=O) groups is 1. The lowest BCUT2D eigenvalue weighted by molar-refractivity contribution is -0.116. The minimum absolute atomic E-state index is 0. The summed E-state index contributed by atoms with van der Waals surface area (Å²) in [5, 5.41) is 2.99. The first-order chi connectivity index (χ1) is 14.6. The average molecular weight is 449 g/mol. The molecule has 0 unspecified atom stereocenters. The summed E-state index contributed by atoms with van der Waals surface area (Å²) in [5.74, 6) is 1.45. The molecule has 0 bridgehead atoms. The van der Waals surface area contributed by atoms with E-state index < -0.39 is 0 Å². The van der Waals surface area contributed by atoms with E-state index in [0.29, 0.717) is 23.8 Å². The molecule has 31 heavy (non-hydrogen) atoms. The van der Waals surface area contributed by atoms with Crippen LogP contribution in [0.15, 0.2) is 48.5 Å². The zero-order valence-electron chi connectivity index (χ0n) is 18.9. The maximum atomic E-state index is 12.7. The van der Waals surface area contributed by atoms with E-state index in [4.69, 9.17) is 14.2 Å². The molecule has 7 heteroatoms. The van der Waals surface area contributed by atoms with Crippen LogP contribution in [-0.2, 0) is 4.79 Å². The molecule has 2 aromatic carbocycles. The molecule has 0 radical (unpaired) electrons. The number of likely N-dealkylation sites (N-methyl/N-ethyl adjacent to an activating group) is 1. The van der Waals surface area contributed by atoms with E-state index in [0.717, 1.165) is 36.3 Å². The summed E-state index contributed by atoms with van der Waals surface area (Å²) < 4.78 is 16.4. The molecule has 2 aromatic rings. The lowest BCUT2D eigenvalue weighted by atomic mass is 9.96. The van der Waals surface area contributed by atoms with Crippen LogP contribution in [0.1, 0.15) is 25.0 Å². The predicted octanol–water partition coefficient (Wildman–Crippen LogP) is 4.02. The van der Waals surface area contributed by atoms with Crippen LogP contribution in [-0.4, -0.2) is 58.3 Å². The minimum Gasteiger partial charge on any atom is -0.493 e. The van der Waals surface area contributed by atoms with Gasteiger partial charge < -0.3 is 24.4 Å². The quantitative estimate of drug-likeness (QED) is 0.526. The highest BCUT2D eigenvalue weighted by molar-refractivity contribution is 5.99. The van der Waals surface area contributed by atoms with Crippen LogP contribution in [0, 0.1) is 0 Å². The molecule has 2 rings (SSSR count). The molecular formula is C24H33ClN2O4. The van der Waals surface area contributed by atoms with Crippen molar-refractivity contribution < 1.29 is 19.0 Å². The maximum absolute atomic E-state index is 12.7. The number of amides is 1. The molecule has 0 saturated heterocycles. The summed E-state index contributed by atoms with van der Waals surface area (Å²) >= 11 is 0. The lowest BCUT2D eigenvalue weighted by Gasteiger charge is -2.18. The number of carbonyl (C=O) groups excluding carboxylic acids is 1. The number of halogens is 1. The van der Waals surface area contributed by atoms with Gasteiger partial charge in [-0.05, 0) is 41.9 Å². The van der Waals surface area contributed by atoms with Crippen molar-refractivity contribution in [2.45, 2.75) is 13.8 Å². The monoisotopic (exact) mass is 448 g/mol. The number of rotatable bonds is 11. The van der Waals surface area contributed by atoms with Crippen molar-refractivity contribution in [3.8, 4) is 17.2 Å². The van der Waals surface area contributed by atoms with Gasteiger partial charge in [-0.2, -0.15) is 0 Å². The third-order valence-corrected chi connectivity index (χ3v) is 4.96. The normalized spacial score (nSPS) is 11.0. The molecular weight excluding hydrogens is 416 g/mol. The average Bonchev–Trinajstić information content (AvgIpc) is 2.79. The second-order valence-corrected chi connectivity index (χ2v) is 6.66. The molecule has 1 amide bonds. The Balaban J connectivity index is 0.00000480. The SMILES string of the molecule is CCN(CC)CCNC(=O)/C=C(\c1ccccc1)c1cc(OC)c(OC)c(OC)c1.Cl. The van der Waals surface area contributed by atoms with Crippen LogP contribution in [0.4, 0.5) is 0 Å². The summed E-state index contributed by atoms with van der Waals surface area (Å²) in [6, 6.07) is 13.5. The molecule has 0 aliphatic heterocycles. The summed E-state index contributed by atoms with van der Waals surface area (Å²) in [7, 11) is 4.72. The Labute approximate surface area is 191 Å². The van der Waals surface area contributed by atoms with Gasteiger partial charge in [0.15, 0.2) is 11.5 Å². The molecule has 0 heterocycles. The molecule has 0 saturated carbocycles. The van der Waals surface area contributed by atoms with Crippen molar-refractivity contribution in [1.29, 1.82) is 0 Å². The molecule has 1 N–H and O–H groups in total. The number of hydrogen-bond acceptors (Lipinski definition) is 5. The van der Waals surface area contributed by atoms with E-state index in [1.165, 1.54) is 0 Å². The molecule has 0 aliphatic rings. The van der Waals surface area contributed by atoms with Crippen LogP contribution >= 0.6 is 12.4 Å². The lowest BCUT2D eigenvalue weighted by Crippen LogP contribution is -2.34. The number of benzene rings is 2. The molecule has 0 spiro atoms. The number of nitrogens with one attached hydrogen (secondary N) is 1. The third-order valence-electron chi connectivity index (χ3n) is 4.96. The molecule has 0 aliphatic carbocycles. The number of ether oxygens (including phenoxy) is 3. The van der Waals surface area contributed by atoms with Gasteiger partial charge in [-0.1, -0.05) is 44.2 Å². The number of nitrogens with zero attached hydrogens (tertiary/aromatic N) is 1. The Morgan fingerprint density at radius 1 is 0.935 bits per heavy atom. The van der Waals surface area contributed by atoms with Crippen molar-refractivity contribution in [3.63, 3.8) is 0 Å². The first-order valence-electron chi connectivity index (χ1n) is 10.2. The highest BCUT2D eigenvalue weighted by atomic mass is 35.5. The van der Waals surface area contributed by atoms with Crippen molar-refractivity contribution in [2.75, 3.05) is 47.5 Å². The van der Waals surface area contributed by atoms with Crippen molar-refractivity contribution >= 4 is 23.9 Å². The summed E-state index contributed by atoms with van der Waals surface area (Å²) in [6.45, 7) is 7.56. The molecule has 0 atom stereocenters. The van der Waals surface area contributed by atoms with Gasteiger partial charge in [-0.3, -0.25) is 4.79 Å². The fourth-order valence-electron chi connectivity index (χ4n) is 3.25. The Morgan fingerprint density at radius 3 is 2.00 bits per heavy atom. The van der Waals surface area contributed by atoms with E-state index in [1.54, 1.807) is 27.4 Å². The number of hydrogen-bond donors (Lipinski definition) is 1. The first kappa shape index (κ1) is 26.3. The van der Waals surface area contributed by atoms with E-state index in [9.17, 15) is 4.79 Å². The Morgan fingerprint density at radius 2 is 1.52 bits per heavy atom. The second-order valence-electron chi connectivity index (χ2n) is 6.66. The zero-order chi connectivity index (χ0) is 21.9. The van der Waals surface area contributed by atoms with E-state index in [1.807, 2.05) is 42.5 Å². The first-order valence-corrected chi connectivity index (χ1v) is 10.2. The standard InChI is InChI=1S/C24H32N2O4.ClH/c1-6-26(7-2)14-13-25-23(27)17-20(18-11-9-8-10-12-18)19-15-21(28-3)24(30-5)22(16-19)29-4;/h8-12,15-17H,6-7,13-14H2,1-5H3,(H,25,27);1H/b20-17+;. The van der Waals surface area contributed by atoms with Gasteiger partial charge >= 0.3 is 0 Å². The predicted molar refractivity (Wildman–Crippen MR) is 128 cm³/mol. The summed E-state index contributed by atoms with van der Waals surface area (Å²) in [5.41, 5.74) is 2.50. The van der Waals surface area contributed by atoms with E-state index in [2.05, 4.69) is 24.1 Å². The highest BCUT2D eigenvalue weighted by Crippen LogP contribution is 2.41.